The van der Waals surface area contributed by atoms with E-state index in [0.717, 1.165) is 55.2 Å². The quantitative estimate of drug-likeness (QED) is 0.145. The first-order valence-corrected chi connectivity index (χ1v) is 14.9. The van der Waals surface area contributed by atoms with Crippen LogP contribution in [0.25, 0.3) is 0 Å². The van der Waals surface area contributed by atoms with E-state index < -0.39 is 13.1 Å². The molecule has 0 saturated carbocycles. The molecule has 0 aromatic heterocycles. The molecule has 2 aromatic carbocycles. The van der Waals surface area contributed by atoms with Crippen molar-refractivity contribution in [1.29, 1.82) is 0 Å². The molecule has 1 unspecified atom stereocenters. The third kappa shape index (κ3) is 13.6. The maximum atomic E-state index is 12.5. The van der Waals surface area contributed by atoms with Crippen molar-refractivity contribution in [1.82, 2.24) is 0 Å². The normalized spacial score (nSPS) is 13.8. The summed E-state index contributed by atoms with van der Waals surface area (Å²) in [5.41, 5.74) is 0.944. The van der Waals surface area contributed by atoms with Crippen molar-refractivity contribution >= 4 is 24.7 Å². The summed E-state index contributed by atoms with van der Waals surface area (Å²) >= 11 is 1.11. The van der Waals surface area contributed by atoms with Gasteiger partial charge < -0.3 is 14.4 Å². The van der Waals surface area contributed by atoms with E-state index >= 15 is 0 Å². The van der Waals surface area contributed by atoms with Crippen LogP contribution in [-0.4, -0.2) is 35.6 Å². The average molecular weight is 539 g/mol. The topological polar surface area (TPSA) is 91.3 Å². The molecular weight excluding hydrogens is 499 g/mol. The maximum absolute atomic E-state index is 12.5. The molecule has 0 amide bonds. The highest BCUT2D eigenvalue weighted by Gasteiger charge is 2.23. The fourth-order valence-electron chi connectivity index (χ4n) is 3.40. The number of phosphoric ester groups is 1. The van der Waals surface area contributed by atoms with Crippen molar-refractivity contribution in [3.63, 3.8) is 0 Å². The second-order valence-corrected chi connectivity index (χ2v) is 11.4. The van der Waals surface area contributed by atoms with Gasteiger partial charge in [0, 0.05) is 13.5 Å². The first kappa shape index (κ1) is 30.6. The predicted octanol–water partition coefficient (Wildman–Crippen LogP) is 7.53. The van der Waals surface area contributed by atoms with Gasteiger partial charge in [-0.3, -0.25) is 13.8 Å². The Labute approximate surface area is 219 Å². The molecule has 0 radical (unpaired) electrons. The zero-order valence-corrected chi connectivity index (χ0v) is 23.0. The van der Waals surface area contributed by atoms with Crippen LogP contribution in [-0.2, 0) is 29.8 Å². The van der Waals surface area contributed by atoms with Crippen LogP contribution in [0.3, 0.4) is 0 Å². The summed E-state index contributed by atoms with van der Waals surface area (Å²) in [7, 11) is -3.02. The Morgan fingerprint density at radius 3 is 2.22 bits per heavy atom. The number of phosphoric acid groups is 1. The molecule has 0 aliphatic carbocycles. The minimum absolute atomic E-state index is 0.0355. The van der Waals surface area contributed by atoms with Gasteiger partial charge in [-0.15, -0.1) is 0 Å². The third-order valence-electron chi connectivity index (χ3n) is 5.41. The zero-order valence-electron chi connectivity index (χ0n) is 21.3. The molecule has 0 saturated heterocycles. The second kappa shape index (κ2) is 17.7. The molecule has 200 valence electrons. The Morgan fingerprint density at radius 2 is 1.56 bits per heavy atom. The van der Waals surface area contributed by atoms with Crippen LogP contribution in [0.1, 0.15) is 63.9 Å². The second-order valence-electron chi connectivity index (χ2n) is 8.50. The Kier molecular flexibility index (Phi) is 15.0. The highest BCUT2D eigenvalue weighted by atomic mass is 32.2. The molecule has 0 fully saturated rings. The third-order valence-corrected chi connectivity index (χ3v) is 7.42. The number of para-hydroxylation sites is 1. The SMILES string of the molecule is CCCCCCCCCC(=O)S[C@H](COCc1ccc(Oc2ccccc2)cc1)COP(=O)(O)OC. The fourth-order valence-corrected chi connectivity index (χ4v) is 4.91. The lowest BCUT2D eigenvalue weighted by molar-refractivity contribution is -0.111. The van der Waals surface area contributed by atoms with E-state index in [0.29, 0.717) is 13.0 Å². The Hall–Kier alpha value is -1.67. The number of carbonyl (C=O) groups is 1. The van der Waals surface area contributed by atoms with Crippen molar-refractivity contribution in [2.24, 2.45) is 0 Å². The van der Waals surface area contributed by atoms with E-state index in [1.54, 1.807) is 0 Å². The van der Waals surface area contributed by atoms with Crippen LogP contribution in [0.4, 0.5) is 0 Å². The predicted molar refractivity (Wildman–Crippen MR) is 144 cm³/mol. The fraction of sp³-hybridized carbons (Fsp3) is 0.519. The summed E-state index contributed by atoms with van der Waals surface area (Å²) in [6, 6.07) is 17.1. The van der Waals surface area contributed by atoms with Gasteiger partial charge >= 0.3 is 7.82 Å². The summed E-state index contributed by atoms with van der Waals surface area (Å²) < 4.78 is 32.8. The number of ether oxygens (including phenoxy) is 2. The molecule has 0 heterocycles. The van der Waals surface area contributed by atoms with Gasteiger partial charge in [-0.05, 0) is 36.2 Å². The number of rotatable bonds is 19. The van der Waals surface area contributed by atoms with Crippen molar-refractivity contribution in [3.05, 3.63) is 60.2 Å². The largest absolute Gasteiger partial charge is 0.471 e. The van der Waals surface area contributed by atoms with E-state index in [1.165, 1.54) is 25.7 Å². The van der Waals surface area contributed by atoms with Gasteiger partial charge in [0.05, 0.1) is 25.1 Å². The monoisotopic (exact) mass is 538 g/mol. The van der Waals surface area contributed by atoms with Crippen molar-refractivity contribution < 1.29 is 32.8 Å². The molecule has 0 spiro atoms. The summed E-state index contributed by atoms with van der Waals surface area (Å²) in [6.45, 7) is 2.59. The zero-order chi connectivity index (χ0) is 26.1. The number of benzene rings is 2. The van der Waals surface area contributed by atoms with Gasteiger partial charge in [0.2, 0.25) is 0 Å². The van der Waals surface area contributed by atoms with Crippen molar-refractivity contribution in [3.8, 4) is 11.5 Å². The molecule has 1 N–H and O–H groups in total. The Balaban J connectivity index is 1.78. The van der Waals surface area contributed by atoms with Gasteiger partial charge in [-0.1, -0.05) is 87.5 Å². The van der Waals surface area contributed by atoms with Crippen LogP contribution in [0, 0.1) is 0 Å². The lowest BCUT2D eigenvalue weighted by Gasteiger charge is -2.18. The van der Waals surface area contributed by atoms with Gasteiger partial charge in [0.25, 0.3) is 0 Å². The van der Waals surface area contributed by atoms with Crippen molar-refractivity contribution in [2.45, 2.75) is 70.1 Å². The minimum Gasteiger partial charge on any atom is -0.457 e. The van der Waals surface area contributed by atoms with Crippen LogP contribution < -0.4 is 4.74 Å². The van der Waals surface area contributed by atoms with Gasteiger partial charge in [0.15, 0.2) is 5.12 Å². The standard InChI is InChI=1S/C27H39O7PS/c1-3-4-5-6-7-8-12-15-27(28)36-26(22-33-35(29,30)31-2)21-32-20-23-16-18-25(19-17-23)34-24-13-10-9-11-14-24/h9-11,13-14,16-19,26H,3-8,12,15,20-22H2,1-2H3,(H,29,30)/t26-/m1/s1. The van der Waals surface area contributed by atoms with E-state index in [4.69, 9.17) is 14.0 Å². The van der Waals surface area contributed by atoms with E-state index in [2.05, 4.69) is 11.4 Å². The smallest absolute Gasteiger partial charge is 0.457 e. The molecule has 0 bridgehead atoms. The minimum atomic E-state index is -4.13. The average Bonchev–Trinajstić information content (AvgIpc) is 2.88. The first-order valence-electron chi connectivity index (χ1n) is 12.5. The van der Waals surface area contributed by atoms with Gasteiger partial charge in [-0.25, -0.2) is 4.57 Å². The summed E-state index contributed by atoms with van der Waals surface area (Å²) in [5.74, 6) is 1.49. The van der Waals surface area contributed by atoms with Gasteiger partial charge in [0.1, 0.15) is 11.5 Å². The molecule has 9 heteroatoms. The van der Waals surface area contributed by atoms with E-state index in [-0.39, 0.29) is 18.3 Å². The summed E-state index contributed by atoms with van der Waals surface area (Å²) in [5, 5.41) is -0.383. The summed E-state index contributed by atoms with van der Waals surface area (Å²) in [6.07, 6.45) is 8.44. The van der Waals surface area contributed by atoms with E-state index in [9.17, 15) is 14.3 Å². The number of carbonyl (C=O) groups excluding carboxylic acids is 1. The lowest BCUT2D eigenvalue weighted by Crippen LogP contribution is -2.20. The molecule has 0 aliphatic heterocycles. The first-order chi connectivity index (χ1) is 17.4. The molecule has 2 aromatic rings. The maximum Gasteiger partial charge on any atom is 0.471 e. The molecule has 0 aliphatic rings. The Morgan fingerprint density at radius 1 is 0.917 bits per heavy atom. The van der Waals surface area contributed by atoms with Crippen molar-refractivity contribution in [2.75, 3.05) is 20.3 Å². The molecular formula is C27H39O7PS. The molecule has 36 heavy (non-hydrogen) atoms. The van der Waals surface area contributed by atoms with Crippen LogP contribution >= 0.6 is 19.6 Å². The molecule has 2 atom stereocenters. The number of hydrogen-bond donors (Lipinski definition) is 1. The molecule has 2 rings (SSSR count). The summed E-state index contributed by atoms with van der Waals surface area (Å²) in [4.78, 5) is 22.0. The van der Waals surface area contributed by atoms with Crippen LogP contribution in [0.5, 0.6) is 11.5 Å². The highest BCUT2D eigenvalue weighted by molar-refractivity contribution is 8.14. The number of unbranched alkanes of at least 4 members (excludes halogenated alkanes) is 6. The lowest BCUT2D eigenvalue weighted by atomic mass is 10.1. The van der Waals surface area contributed by atoms with Gasteiger partial charge in [-0.2, -0.15) is 0 Å². The van der Waals surface area contributed by atoms with Crippen LogP contribution in [0.2, 0.25) is 0 Å². The number of thioether (sulfide) groups is 1. The van der Waals surface area contributed by atoms with E-state index in [1.807, 2.05) is 54.6 Å². The highest BCUT2D eigenvalue weighted by Crippen LogP contribution is 2.42. The number of hydrogen-bond acceptors (Lipinski definition) is 7. The Bertz CT molecular complexity index is 908. The molecule has 7 nitrogen and oxygen atoms in total. The van der Waals surface area contributed by atoms with Crippen LogP contribution in [0.15, 0.2) is 54.6 Å².